The summed E-state index contributed by atoms with van der Waals surface area (Å²) in [5.74, 6) is -0.660. The number of carbonyl (C=O) groups excluding carboxylic acids is 3. The van der Waals surface area contributed by atoms with Crippen LogP contribution in [0.1, 0.15) is 31.7 Å². The highest BCUT2D eigenvalue weighted by Crippen LogP contribution is 2.18. The van der Waals surface area contributed by atoms with E-state index in [1.807, 2.05) is 37.3 Å². The van der Waals surface area contributed by atoms with Crippen LogP contribution in [0.2, 0.25) is 0 Å². The van der Waals surface area contributed by atoms with Crippen molar-refractivity contribution in [2.24, 2.45) is 0 Å². The number of carbonyl (C=O) groups is 3. The first kappa shape index (κ1) is 23.4. The normalized spacial score (nSPS) is 9.94. The molecule has 0 radical (unpaired) electrons. The first-order valence-corrected chi connectivity index (χ1v) is 10.1. The number of hydrazine groups is 1. The molecule has 8 heteroatoms. The van der Waals surface area contributed by atoms with E-state index in [9.17, 15) is 14.4 Å². The molecule has 0 saturated carbocycles. The molecule has 0 aliphatic rings. The Bertz CT molecular complexity index is 925. The average Bonchev–Trinajstić information content (AvgIpc) is 2.81. The Hall–Kier alpha value is -3.86. The maximum Gasteiger partial charge on any atom is 0.276 e. The van der Waals surface area contributed by atoms with Gasteiger partial charge in [-0.3, -0.25) is 25.2 Å². The Kier molecular flexibility index (Phi) is 9.56. The van der Waals surface area contributed by atoms with Gasteiger partial charge in [-0.05, 0) is 30.2 Å². The van der Waals surface area contributed by atoms with E-state index in [4.69, 9.17) is 10.00 Å². The number of benzene rings is 2. The van der Waals surface area contributed by atoms with E-state index in [0.717, 1.165) is 12.0 Å². The van der Waals surface area contributed by atoms with Gasteiger partial charge in [-0.2, -0.15) is 5.26 Å². The molecule has 0 unspecified atom stereocenters. The number of anilines is 1. The number of amides is 3. The Morgan fingerprint density at radius 3 is 2.35 bits per heavy atom. The lowest BCUT2D eigenvalue weighted by Crippen LogP contribution is -2.44. The van der Waals surface area contributed by atoms with Gasteiger partial charge in [0.05, 0.1) is 12.5 Å². The van der Waals surface area contributed by atoms with Crippen LogP contribution >= 0.6 is 0 Å². The number of aryl methyl sites for hydroxylation is 1. The van der Waals surface area contributed by atoms with Crippen molar-refractivity contribution in [3.05, 3.63) is 60.2 Å². The summed E-state index contributed by atoms with van der Waals surface area (Å²) in [5, 5.41) is 8.83. The van der Waals surface area contributed by atoms with Crippen LogP contribution in [0, 0.1) is 11.3 Å². The first-order chi connectivity index (χ1) is 15.0. The van der Waals surface area contributed by atoms with Crippen molar-refractivity contribution in [3.63, 3.8) is 0 Å². The minimum atomic E-state index is -0.509. The van der Waals surface area contributed by atoms with Gasteiger partial charge in [-0.1, -0.05) is 43.3 Å². The van der Waals surface area contributed by atoms with E-state index < -0.39 is 11.8 Å². The van der Waals surface area contributed by atoms with Crippen molar-refractivity contribution in [1.29, 1.82) is 5.26 Å². The van der Waals surface area contributed by atoms with Crippen LogP contribution in [0.4, 0.5) is 5.69 Å². The van der Waals surface area contributed by atoms with Crippen LogP contribution in [-0.4, -0.2) is 30.9 Å². The molecule has 0 aromatic heterocycles. The molecule has 8 nitrogen and oxygen atoms in total. The van der Waals surface area contributed by atoms with E-state index >= 15 is 0 Å². The first-order valence-electron chi connectivity index (χ1n) is 10.1. The summed E-state index contributed by atoms with van der Waals surface area (Å²) in [7, 11) is 0. The number of nitrogens with one attached hydrogen (secondary N) is 2. The van der Waals surface area contributed by atoms with Gasteiger partial charge in [-0.25, -0.2) is 0 Å². The third kappa shape index (κ3) is 7.82. The van der Waals surface area contributed by atoms with Gasteiger partial charge < -0.3 is 9.64 Å². The molecule has 162 valence electrons. The molecule has 2 N–H and O–H groups in total. The molecule has 0 saturated heterocycles. The molecule has 2 aromatic rings. The summed E-state index contributed by atoms with van der Waals surface area (Å²) in [6.07, 6.45) is 0.803. The number of hydrogen-bond acceptors (Lipinski definition) is 5. The monoisotopic (exact) mass is 422 g/mol. The summed E-state index contributed by atoms with van der Waals surface area (Å²) in [4.78, 5) is 37.9. The molecule has 0 bridgehead atoms. The number of hydrogen-bond donors (Lipinski definition) is 2. The molecule has 2 aromatic carbocycles. The molecule has 0 spiro atoms. The van der Waals surface area contributed by atoms with Gasteiger partial charge in [0.2, 0.25) is 11.8 Å². The second-order valence-corrected chi connectivity index (χ2v) is 6.64. The number of nitrogens with zero attached hydrogens (tertiary/aromatic N) is 2. The van der Waals surface area contributed by atoms with E-state index in [1.54, 1.807) is 30.3 Å². The highest BCUT2D eigenvalue weighted by molar-refractivity contribution is 5.95. The predicted octanol–water partition coefficient (Wildman–Crippen LogP) is 2.50. The zero-order valence-electron chi connectivity index (χ0n) is 17.5. The maximum absolute atomic E-state index is 12.5. The van der Waals surface area contributed by atoms with E-state index in [-0.39, 0.29) is 38.3 Å². The van der Waals surface area contributed by atoms with Crippen molar-refractivity contribution in [2.75, 3.05) is 18.1 Å². The van der Waals surface area contributed by atoms with Crippen LogP contribution in [0.15, 0.2) is 54.6 Å². The summed E-state index contributed by atoms with van der Waals surface area (Å²) >= 11 is 0. The van der Waals surface area contributed by atoms with Gasteiger partial charge in [0.1, 0.15) is 5.75 Å². The van der Waals surface area contributed by atoms with E-state index in [0.29, 0.717) is 11.4 Å². The molecule has 3 amide bonds. The quantitative estimate of drug-likeness (QED) is 0.572. The maximum atomic E-state index is 12.5. The number of para-hydroxylation sites is 2. The number of rotatable bonds is 10. The Labute approximate surface area is 181 Å². The molecule has 2 rings (SSSR count). The minimum Gasteiger partial charge on any atom is -0.483 e. The van der Waals surface area contributed by atoms with Crippen molar-refractivity contribution in [1.82, 2.24) is 10.9 Å². The molecule has 0 aliphatic carbocycles. The zero-order valence-corrected chi connectivity index (χ0v) is 17.5. The Balaban J connectivity index is 1.76. The number of ether oxygens (including phenoxy) is 1. The van der Waals surface area contributed by atoms with Gasteiger partial charge >= 0.3 is 0 Å². The van der Waals surface area contributed by atoms with Gasteiger partial charge in [0.15, 0.2) is 6.61 Å². The predicted molar refractivity (Wildman–Crippen MR) is 116 cm³/mol. The van der Waals surface area contributed by atoms with Crippen LogP contribution in [0.3, 0.4) is 0 Å². The lowest BCUT2D eigenvalue weighted by atomic mass is 10.1. The lowest BCUT2D eigenvalue weighted by Gasteiger charge is -2.21. The molecular weight excluding hydrogens is 396 g/mol. The fourth-order valence-corrected chi connectivity index (χ4v) is 2.84. The molecule has 0 atom stereocenters. The standard InChI is InChI=1S/C23H26N4O4/c1-2-18-9-6-7-12-20(18)31-17-22(29)26-25-21(28)13-14-23(30)27(16-8-15-24)19-10-4-3-5-11-19/h3-7,9-12H,2,8,13-14,16-17H2,1H3,(H,25,28)(H,26,29). The second-order valence-electron chi connectivity index (χ2n) is 6.64. The smallest absolute Gasteiger partial charge is 0.276 e. The summed E-state index contributed by atoms with van der Waals surface area (Å²) in [6, 6.07) is 18.4. The molecule has 0 fully saturated rings. The average molecular weight is 422 g/mol. The Morgan fingerprint density at radius 1 is 0.968 bits per heavy atom. The lowest BCUT2D eigenvalue weighted by molar-refractivity contribution is -0.130. The van der Waals surface area contributed by atoms with Crippen molar-refractivity contribution in [2.45, 2.75) is 32.6 Å². The number of nitriles is 1. The molecule has 0 heterocycles. The third-order valence-corrected chi connectivity index (χ3v) is 4.44. The van der Waals surface area contributed by atoms with Crippen molar-refractivity contribution < 1.29 is 19.1 Å². The highest BCUT2D eigenvalue weighted by atomic mass is 16.5. The molecule has 0 aliphatic heterocycles. The Morgan fingerprint density at radius 2 is 1.65 bits per heavy atom. The van der Waals surface area contributed by atoms with Crippen molar-refractivity contribution >= 4 is 23.4 Å². The minimum absolute atomic E-state index is 0.0532. The van der Waals surface area contributed by atoms with Crippen LogP contribution in [-0.2, 0) is 20.8 Å². The van der Waals surface area contributed by atoms with Crippen LogP contribution < -0.4 is 20.5 Å². The van der Waals surface area contributed by atoms with E-state index in [1.165, 1.54) is 4.90 Å². The van der Waals surface area contributed by atoms with Crippen LogP contribution in [0.25, 0.3) is 0 Å². The van der Waals surface area contributed by atoms with Crippen molar-refractivity contribution in [3.8, 4) is 11.8 Å². The van der Waals surface area contributed by atoms with Crippen LogP contribution in [0.5, 0.6) is 5.75 Å². The third-order valence-electron chi connectivity index (χ3n) is 4.44. The molecule has 31 heavy (non-hydrogen) atoms. The fourth-order valence-electron chi connectivity index (χ4n) is 2.84. The SMILES string of the molecule is CCc1ccccc1OCC(=O)NNC(=O)CCC(=O)N(CCC#N)c1ccccc1. The van der Waals surface area contributed by atoms with Gasteiger partial charge in [0, 0.05) is 25.1 Å². The topological polar surface area (TPSA) is 112 Å². The summed E-state index contributed by atoms with van der Waals surface area (Å²) in [6.45, 7) is 1.99. The second kappa shape index (κ2) is 12.6. The largest absolute Gasteiger partial charge is 0.483 e. The zero-order chi connectivity index (χ0) is 22.5. The highest BCUT2D eigenvalue weighted by Gasteiger charge is 2.17. The molecular formula is C23H26N4O4. The van der Waals surface area contributed by atoms with Gasteiger partial charge in [-0.15, -0.1) is 0 Å². The van der Waals surface area contributed by atoms with Gasteiger partial charge in [0.25, 0.3) is 5.91 Å². The van der Waals surface area contributed by atoms with E-state index in [2.05, 4.69) is 10.9 Å². The fraction of sp³-hybridized carbons (Fsp3) is 0.304. The summed E-state index contributed by atoms with van der Waals surface area (Å²) in [5.41, 5.74) is 6.21. The summed E-state index contributed by atoms with van der Waals surface area (Å²) < 4.78 is 5.49.